The first-order valence-corrected chi connectivity index (χ1v) is 20.6. The van der Waals surface area contributed by atoms with Crippen molar-refractivity contribution in [2.75, 3.05) is 0 Å². The van der Waals surface area contributed by atoms with Crippen LogP contribution in [0.4, 0.5) is 0 Å². The fourth-order valence-electron chi connectivity index (χ4n) is 5.99. The summed E-state index contributed by atoms with van der Waals surface area (Å²) < 4.78 is 5.11. The molecule has 6 rings (SSSR count). The van der Waals surface area contributed by atoms with Gasteiger partial charge in [-0.05, 0) is 97.2 Å². The van der Waals surface area contributed by atoms with Gasteiger partial charge < -0.3 is 0 Å². The maximum atomic E-state index is 9.39. The Morgan fingerprint density at radius 3 is 1.10 bits per heavy atom. The van der Waals surface area contributed by atoms with Crippen molar-refractivity contribution < 1.29 is 0 Å². The molecule has 0 N–H and O–H groups in total. The van der Waals surface area contributed by atoms with Crippen LogP contribution in [0.3, 0.4) is 0 Å². The van der Waals surface area contributed by atoms with Crippen molar-refractivity contribution >= 4 is 99.0 Å². The van der Waals surface area contributed by atoms with Crippen molar-refractivity contribution in [3.05, 3.63) is 91.5 Å². The Balaban J connectivity index is 1.30. The summed E-state index contributed by atoms with van der Waals surface area (Å²) in [6.45, 7) is 23.5. The molecular weight excluding hydrogens is 705 g/mol. The predicted octanol–water partition coefficient (Wildman–Crippen LogP) is 14.7. The second kappa shape index (κ2) is 14.7. The third-order valence-corrected chi connectivity index (χ3v) is 16.0. The van der Waals surface area contributed by atoms with Gasteiger partial charge in [-0.1, -0.05) is 27.7 Å². The molecule has 0 aliphatic rings. The van der Waals surface area contributed by atoms with E-state index in [4.69, 9.17) is 13.1 Å². The molecule has 0 saturated heterocycles. The summed E-state index contributed by atoms with van der Waals surface area (Å²) in [5.74, 6) is 0.804. The van der Waals surface area contributed by atoms with E-state index in [9.17, 15) is 10.5 Å². The first-order chi connectivity index (χ1) is 23.4. The summed E-state index contributed by atoms with van der Waals surface area (Å²) in [6.07, 6.45) is 7.61. The number of rotatable bonds is 11. The number of nitriles is 2. The number of hydrogen-bond donors (Lipinski definition) is 0. The van der Waals surface area contributed by atoms with Crippen LogP contribution >= 0.6 is 68.0 Å². The summed E-state index contributed by atoms with van der Waals surface area (Å²) in [6, 6.07) is 17.8. The van der Waals surface area contributed by atoms with E-state index in [2.05, 4.69) is 73.8 Å². The quantitative estimate of drug-likeness (QED) is 0.0983. The fraction of sp³-hybridized carbons (Fsp3) is 0.263. The molecule has 0 fully saturated rings. The molecule has 0 spiro atoms. The highest BCUT2D eigenvalue weighted by Gasteiger charge is 2.21. The van der Waals surface area contributed by atoms with Gasteiger partial charge in [-0.2, -0.15) is 0 Å². The SMILES string of the molecule is [C-]#[N+]/C(C#N)=C\c1sc(-c2cc3sc(-c4cc5sc(-c6cc(C(CC)CC)c(/C=C(\C#N)[N+]#[C-])s6)cc5s4)cc3s2)cc1C(CC)CC. The Kier molecular flexibility index (Phi) is 10.4. The molecule has 0 aliphatic carbocycles. The standard InChI is InChI=1S/C38H30N4S6/c1-7-21(8-2)25-13-29(43-27(25)11-23(19-39)41-5)31-15-33-35(45-31)17-37(47-33)38-18-36-34(48-38)16-32(46-36)30-14-26(22(9-3)10-4)28(44-30)12-24(20-40)42-6/h11-18,21-22H,7-10H2,1-4H3/b23-11-,24-12+. The zero-order chi connectivity index (χ0) is 33.9. The normalized spacial score (nSPS) is 12.2. The molecule has 0 atom stereocenters. The van der Waals surface area contributed by atoms with Crippen LogP contribution in [0.25, 0.3) is 69.9 Å². The fourth-order valence-corrected chi connectivity index (χ4v) is 13.4. The van der Waals surface area contributed by atoms with E-state index in [0.29, 0.717) is 11.8 Å². The molecule has 10 heteroatoms. The number of hydrogen-bond acceptors (Lipinski definition) is 8. The van der Waals surface area contributed by atoms with Gasteiger partial charge in [0.1, 0.15) is 0 Å². The molecule has 6 aromatic rings. The van der Waals surface area contributed by atoms with Gasteiger partial charge in [0.2, 0.25) is 0 Å². The van der Waals surface area contributed by atoms with E-state index < -0.39 is 0 Å². The van der Waals surface area contributed by atoms with Crippen molar-refractivity contribution in [3.8, 4) is 41.4 Å². The van der Waals surface area contributed by atoms with E-state index in [0.717, 1.165) is 35.4 Å². The molecule has 0 unspecified atom stereocenters. The van der Waals surface area contributed by atoms with E-state index in [1.54, 1.807) is 34.8 Å². The second-order valence-electron chi connectivity index (χ2n) is 11.3. The maximum Gasteiger partial charge on any atom is 0.263 e. The van der Waals surface area contributed by atoms with Crippen LogP contribution in [0.15, 0.2) is 47.8 Å². The summed E-state index contributed by atoms with van der Waals surface area (Å²) in [5.41, 5.74) is 2.74. The lowest BCUT2D eigenvalue weighted by molar-refractivity contribution is 0.643. The van der Waals surface area contributed by atoms with Crippen LogP contribution in [0, 0.1) is 35.8 Å². The van der Waals surface area contributed by atoms with Crippen LogP contribution in [-0.2, 0) is 0 Å². The van der Waals surface area contributed by atoms with Gasteiger partial charge in [0.05, 0.1) is 25.3 Å². The molecule has 238 valence electrons. The largest absolute Gasteiger partial charge is 0.263 e. The minimum absolute atomic E-state index is 0.129. The van der Waals surface area contributed by atoms with Gasteiger partial charge >= 0.3 is 0 Å². The highest BCUT2D eigenvalue weighted by atomic mass is 32.1. The molecule has 0 saturated carbocycles. The smallest absolute Gasteiger partial charge is 0.227 e. The summed E-state index contributed by atoms with van der Waals surface area (Å²) in [7, 11) is 0. The van der Waals surface area contributed by atoms with Crippen molar-refractivity contribution in [1.29, 1.82) is 10.5 Å². The highest BCUT2D eigenvalue weighted by Crippen LogP contribution is 2.50. The summed E-state index contributed by atoms with van der Waals surface area (Å²) >= 11 is 10.7. The van der Waals surface area contributed by atoms with Gasteiger partial charge in [-0.3, -0.25) is 0 Å². The highest BCUT2D eigenvalue weighted by molar-refractivity contribution is 7.36. The van der Waals surface area contributed by atoms with Crippen molar-refractivity contribution in [2.24, 2.45) is 0 Å². The minimum Gasteiger partial charge on any atom is -0.227 e. The Labute approximate surface area is 305 Å². The van der Waals surface area contributed by atoms with Crippen molar-refractivity contribution in [2.45, 2.75) is 65.2 Å². The lowest BCUT2D eigenvalue weighted by Gasteiger charge is -2.11. The lowest BCUT2D eigenvalue weighted by Crippen LogP contribution is -1.95. The topological polar surface area (TPSA) is 56.3 Å². The molecule has 0 amide bonds. The Bertz CT molecular complexity index is 2100. The molecule has 6 aromatic heterocycles. The molecule has 6 heterocycles. The second-order valence-corrected chi connectivity index (χ2v) is 17.8. The molecule has 48 heavy (non-hydrogen) atoms. The first-order valence-electron chi connectivity index (χ1n) is 15.7. The summed E-state index contributed by atoms with van der Waals surface area (Å²) in [5, 5.41) is 18.8. The predicted molar refractivity (Wildman–Crippen MR) is 212 cm³/mol. The van der Waals surface area contributed by atoms with Crippen LogP contribution < -0.4 is 0 Å². The number of allylic oxidation sites excluding steroid dienone is 2. The third-order valence-electron chi connectivity index (χ3n) is 8.58. The molecule has 0 aromatic carbocycles. The molecular formula is C38H30N4S6. The monoisotopic (exact) mass is 734 g/mol. The first kappa shape index (κ1) is 34.0. The molecule has 0 bridgehead atoms. The molecule has 0 radical (unpaired) electrons. The van der Waals surface area contributed by atoms with Gasteiger partial charge in [-0.15, -0.1) is 68.0 Å². The molecule has 0 aliphatic heterocycles. The summed E-state index contributed by atoms with van der Waals surface area (Å²) in [4.78, 5) is 16.3. The van der Waals surface area contributed by atoms with Crippen LogP contribution in [0.5, 0.6) is 0 Å². The van der Waals surface area contributed by atoms with Gasteiger partial charge in [0, 0.05) is 57.8 Å². The zero-order valence-electron chi connectivity index (χ0n) is 26.8. The van der Waals surface area contributed by atoms with Gasteiger partial charge in [-0.25, -0.2) is 20.2 Å². The van der Waals surface area contributed by atoms with Gasteiger partial charge in [0.25, 0.3) is 11.4 Å². The number of thiophene rings is 6. The van der Waals surface area contributed by atoms with E-state index in [-0.39, 0.29) is 11.4 Å². The Morgan fingerprint density at radius 1 is 0.562 bits per heavy atom. The number of fused-ring (bicyclic) bond motifs is 2. The van der Waals surface area contributed by atoms with E-state index in [1.807, 2.05) is 57.5 Å². The maximum absolute atomic E-state index is 9.39. The van der Waals surface area contributed by atoms with Crippen molar-refractivity contribution in [1.82, 2.24) is 0 Å². The average molecular weight is 735 g/mol. The Morgan fingerprint density at radius 2 is 0.854 bits per heavy atom. The van der Waals surface area contributed by atoms with E-state index in [1.165, 1.54) is 59.2 Å². The Hall–Kier alpha value is -3.84. The van der Waals surface area contributed by atoms with E-state index >= 15 is 0 Å². The van der Waals surface area contributed by atoms with Crippen LogP contribution in [0.2, 0.25) is 0 Å². The van der Waals surface area contributed by atoms with Crippen molar-refractivity contribution in [3.63, 3.8) is 0 Å². The lowest BCUT2D eigenvalue weighted by atomic mass is 9.94. The van der Waals surface area contributed by atoms with Crippen LogP contribution in [-0.4, -0.2) is 0 Å². The van der Waals surface area contributed by atoms with Crippen LogP contribution in [0.1, 0.15) is 86.1 Å². The molecule has 4 nitrogen and oxygen atoms in total. The van der Waals surface area contributed by atoms with Gasteiger partial charge in [0.15, 0.2) is 0 Å². The number of nitrogens with zero attached hydrogens (tertiary/aromatic N) is 4. The average Bonchev–Trinajstić information content (AvgIpc) is 3.93. The minimum atomic E-state index is 0.129. The third kappa shape index (κ3) is 6.58. The zero-order valence-corrected chi connectivity index (χ0v) is 31.7.